The molecule has 1 saturated heterocycles. The summed E-state index contributed by atoms with van der Waals surface area (Å²) in [5, 5.41) is 5.99. The fourth-order valence-corrected chi connectivity index (χ4v) is 3.54. The molecular weight excluding hydrogens is 296 g/mol. The van der Waals surface area contributed by atoms with Crippen molar-refractivity contribution in [1.82, 2.24) is 15.2 Å². The molecule has 1 aliphatic heterocycles. The average molecular weight is 324 g/mol. The predicted molar refractivity (Wildman–Crippen MR) is 92.3 cm³/mol. The van der Waals surface area contributed by atoms with Crippen molar-refractivity contribution >= 4 is 22.4 Å². The number of carbonyl (C=O) groups excluding carboxylic acids is 1. The van der Waals surface area contributed by atoms with Crippen molar-refractivity contribution in [3.05, 3.63) is 11.1 Å². The second-order valence-corrected chi connectivity index (χ2v) is 7.41. The van der Waals surface area contributed by atoms with Crippen LogP contribution >= 0.6 is 11.3 Å². The number of aromatic nitrogens is 1. The van der Waals surface area contributed by atoms with Gasteiger partial charge in [-0.2, -0.15) is 0 Å². The molecule has 1 aromatic heterocycles. The van der Waals surface area contributed by atoms with Gasteiger partial charge in [-0.15, -0.1) is 11.3 Å². The first-order valence-electron chi connectivity index (χ1n) is 8.08. The van der Waals surface area contributed by atoms with Gasteiger partial charge < -0.3 is 15.1 Å². The van der Waals surface area contributed by atoms with Gasteiger partial charge in [0, 0.05) is 31.9 Å². The van der Waals surface area contributed by atoms with Gasteiger partial charge in [-0.05, 0) is 45.7 Å². The summed E-state index contributed by atoms with van der Waals surface area (Å²) < 4.78 is 0. The average Bonchev–Trinajstić information content (AvgIpc) is 2.95. The quantitative estimate of drug-likeness (QED) is 0.872. The molecule has 1 aliphatic rings. The fraction of sp³-hybridized carbons (Fsp3) is 0.750. The van der Waals surface area contributed by atoms with Crippen molar-refractivity contribution < 1.29 is 4.79 Å². The molecule has 0 aliphatic carbocycles. The van der Waals surface area contributed by atoms with E-state index >= 15 is 0 Å². The molecule has 0 bridgehead atoms. The molecule has 1 aromatic rings. The van der Waals surface area contributed by atoms with E-state index in [0.29, 0.717) is 24.9 Å². The van der Waals surface area contributed by atoms with Crippen LogP contribution in [0.2, 0.25) is 0 Å². The van der Waals surface area contributed by atoms with E-state index in [9.17, 15) is 4.79 Å². The molecule has 0 aromatic carbocycles. The van der Waals surface area contributed by atoms with Crippen molar-refractivity contribution in [2.45, 2.75) is 45.7 Å². The molecule has 0 saturated carbocycles. The van der Waals surface area contributed by atoms with Crippen LogP contribution < -0.4 is 10.2 Å². The minimum absolute atomic E-state index is 0.155. The Kier molecular flexibility index (Phi) is 6.20. The number of likely N-dealkylation sites (tertiary alicyclic amines) is 1. The van der Waals surface area contributed by atoms with Crippen LogP contribution in [0.25, 0.3) is 0 Å². The number of thiazole rings is 1. The number of hydrogen-bond acceptors (Lipinski definition) is 5. The van der Waals surface area contributed by atoms with Crippen LogP contribution in [-0.4, -0.2) is 49.0 Å². The highest BCUT2D eigenvalue weighted by molar-refractivity contribution is 7.13. The number of piperidine rings is 1. The zero-order valence-corrected chi connectivity index (χ0v) is 14.9. The highest BCUT2D eigenvalue weighted by atomic mass is 32.1. The van der Waals surface area contributed by atoms with Gasteiger partial charge >= 0.3 is 0 Å². The van der Waals surface area contributed by atoms with Crippen LogP contribution in [0.15, 0.2) is 5.38 Å². The summed E-state index contributed by atoms with van der Waals surface area (Å²) in [4.78, 5) is 21.0. The van der Waals surface area contributed by atoms with Crippen LogP contribution in [0.4, 0.5) is 5.13 Å². The van der Waals surface area contributed by atoms with Crippen LogP contribution in [0.3, 0.4) is 0 Å². The van der Waals surface area contributed by atoms with Crippen molar-refractivity contribution in [3.63, 3.8) is 0 Å². The maximum Gasteiger partial charge on any atom is 0.220 e. The lowest BCUT2D eigenvalue weighted by atomic mass is 9.92. The zero-order valence-electron chi connectivity index (χ0n) is 14.1. The molecule has 1 fully saturated rings. The Morgan fingerprint density at radius 2 is 2.14 bits per heavy atom. The van der Waals surface area contributed by atoms with Crippen LogP contribution in [0.5, 0.6) is 0 Å². The van der Waals surface area contributed by atoms with Crippen LogP contribution in [0.1, 0.15) is 38.8 Å². The molecule has 0 atom stereocenters. The third-order valence-corrected chi connectivity index (χ3v) is 5.30. The van der Waals surface area contributed by atoms with E-state index in [1.165, 1.54) is 0 Å². The lowest BCUT2D eigenvalue weighted by Gasteiger charge is -2.34. The molecule has 124 valence electrons. The van der Waals surface area contributed by atoms with Crippen molar-refractivity contribution in [1.29, 1.82) is 0 Å². The monoisotopic (exact) mass is 324 g/mol. The fourth-order valence-electron chi connectivity index (χ4n) is 2.78. The van der Waals surface area contributed by atoms with Crippen LogP contribution in [-0.2, 0) is 11.3 Å². The molecular formula is C16H28N4OS. The number of anilines is 1. The molecule has 2 heterocycles. The molecule has 1 amide bonds. The number of carbonyl (C=O) groups is 1. The van der Waals surface area contributed by atoms with E-state index in [4.69, 9.17) is 0 Å². The smallest absolute Gasteiger partial charge is 0.220 e. The largest absolute Gasteiger partial charge is 0.354 e. The normalized spacial score (nSPS) is 17.0. The van der Waals surface area contributed by atoms with Gasteiger partial charge in [0.15, 0.2) is 5.13 Å². The lowest BCUT2D eigenvalue weighted by molar-refractivity contribution is -0.122. The third-order valence-electron chi connectivity index (χ3n) is 4.24. The SMILES string of the molecule is CC(C)N1CCC(CC(=O)NCc2csc(N(C)C)n2)CC1. The van der Waals surface area contributed by atoms with Gasteiger partial charge in [0.1, 0.15) is 0 Å². The Morgan fingerprint density at radius 1 is 1.45 bits per heavy atom. The molecule has 1 N–H and O–H groups in total. The van der Waals surface area contributed by atoms with Gasteiger partial charge in [-0.1, -0.05) is 0 Å². The molecule has 22 heavy (non-hydrogen) atoms. The molecule has 0 spiro atoms. The Morgan fingerprint density at radius 3 is 2.68 bits per heavy atom. The van der Waals surface area contributed by atoms with Crippen molar-refractivity contribution in [2.24, 2.45) is 5.92 Å². The Labute approximate surface area is 137 Å². The molecule has 2 rings (SSSR count). The van der Waals surface area contributed by atoms with E-state index < -0.39 is 0 Å². The minimum Gasteiger partial charge on any atom is -0.354 e. The summed E-state index contributed by atoms with van der Waals surface area (Å²) in [5.74, 6) is 0.685. The van der Waals surface area contributed by atoms with E-state index in [2.05, 4.69) is 29.0 Å². The zero-order chi connectivity index (χ0) is 16.1. The van der Waals surface area contributed by atoms with E-state index in [0.717, 1.165) is 36.8 Å². The van der Waals surface area contributed by atoms with Gasteiger partial charge in [0.25, 0.3) is 0 Å². The molecule has 6 heteroatoms. The Bertz CT molecular complexity index is 478. The second-order valence-electron chi connectivity index (χ2n) is 6.57. The minimum atomic E-state index is 0.155. The maximum absolute atomic E-state index is 12.1. The number of amides is 1. The van der Waals surface area contributed by atoms with E-state index in [-0.39, 0.29) is 5.91 Å². The first kappa shape index (κ1) is 17.2. The van der Waals surface area contributed by atoms with Gasteiger partial charge in [0.2, 0.25) is 5.91 Å². The topological polar surface area (TPSA) is 48.5 Å². The summed E-state index contributed by atoms with van der Waals surface area (Å²) in [6.07, 6.45) is 2.91. The molecule has 0 radical (unpaired) electrons. The standard InChI is InChI=1S/C16H28N4OS/c1-12(2)20-7-5-13(6-8-20)9-15(21)17-10-14-11-22-16(18-14)19(3)4/h11-13H,5-10H2,1-4H3,(H,17,21). The molecule has 5 nitrogen and oxygen atoms in total. The highest BCUT2D eigenvalue weighted by Gasteiger charge is 2.22. The predicted octanol–water partition coefficient (Wildman–Crippen LogP) is 2.34. The number of nitrogens with one attached hydrogen (secondary N) is 1. The number of rotatable bonds is 6. The van der Waals surface area contributed by atoms with Crippen molar-refractivity contribution in [2.75, 3.05) is 32.1 Å². The number of nitrogens with zero attached hydrogens (tertiary/aromatic N) is 3. The summed E-state index contributed by atoms with van der Waals surface area (Å²) >= 11 is 1.61. The summed E-state index contributed by atoms with van der Waals surface area (Å²) in [7, 11) is 3.95. The van der Waals surface area contributed by atoms with E-state index in [1.807, 2.05) is 24.4 Å². The second kappa shape index (κ2) is 7.92. The highest BCUT2D eigenvalue weighted by Crippen LogP contribution is 2.22. The first-order chi connectivity index (χ1) is 10.5. The summed E-state index contributed by atoms with van der Waals surface area (Å²) in [6.45, 7) is 7.25. The van der Waals surface area contributed by atoms with Crippen LogP contribution in [0, 0.1) is 5.92 Å². The third kappa shape index (κ3) is 4.95. The summed E-state index contributed by atoms with van der Waals surface area (Å²) in [6, 6.07) is 0.616. The summed E-state index contributed by atoms with van der Waals surface area (Å²) in [5.41, 5.74) is 0.941. The number of hydrogen-bond donors (Lipinski definition) is 1. The maximum atomic E-state index is 12.1. The van der Waals surface area contributed by atoms with E-state index in [1.54, 1.807) is 11.3 Å². The first-order valence-corrected chi connectivity index (χ1v) is 8.96. The Hall–Kier alpha value is -1.14. The van der Waals surface area contributed by atoms with Gasteiger partial charge in [-0.25, -0.2) is 4.98 Å². The van der Waals surface area contributed by atoms with Crippen molar-refractivity contribution in [3.8, 4) is 0 Å². The lowest BCUT2D eigenvalue weighted by Crippen LogP contribution is -2.39. The van der Waals surface area contributed by atoms with Gasteiger partial charge in [0.05, 0.1) is 12.2 Å². The van der Waals surface area contributed by atoms with Gasteiger partial charge in [-0.3, -0.25) is 4.79 Å². The Balaban J connectivity index is 1.70. The molecule has 0 unspecified atom stereocenters.